The van der Waals surface area contributed by atoms with Crippen LogP contribution >= 0.6 is 0 Å². The van der Waals surface area contributed by atoms with E-state index in [4.69, 9.17) is 4.74 Å². The topological polar surface area (TPSA) is 26.3 Å². The Labute approximate surface area is 107 Å². The zero-order valence-electron chi connectivity index (χ0n) is 10.4. The number of rotatable bonds is 2. The first-order valence-corrected chi connectivity index (χ1v) is 6.42. The lowest BCUT2D eigenvalue weighted by atomic mass is 10.0. The monoisotopic (exact) mass is 240 g/mol. The molecule has 3 rings (SSSR count). The number of hydrogen-bond donors (Lipinski definition) is 0. The first kappa shape index (κ1) is 11.4. The highest BCUT2D eigenvalue weighted by Gasteiger charge is 2.28. The summed E-state index contributed by atoms with van der Waals surface area (Å²) in [5.74, 6) is 0.116. The van der Waals surface area contributed by atoms with Gasteiger partial charge in [0.1, 0.15) is 6.10 Å². The van der Waals surface area contributed by atoms with Crippen LogP contribution in [0.4, 0.5) is 0 Å². The summed E-state index contributed by atoms with van der Waals surface area (Å²) in [5, 5.41) is 2.27. The molecular formula is C16H16O2. The van der Waals surface area contributed by atoms with Gasteiger partial charge in [-0.2, -0.15) is 0 Å². The molecule has 0 saturated carbocycles. The van der Waals surface area contributed by atoms with Crippen molar-refractivity contribution >= 4 is 16.6 Å². The molecule has 2 unspecified atom stereocenters. The summed E-state index contributed by atoms with van der Waals surface area (Å²) < 4.78 is 5.64. The predicted octanol–water partition coefficient (Wildman–Crippen LogP) is 3.59. The minimum atomic E-state index is -0.249. The van der Waals surface area contributed by atoms with Crippen LogP contribution < -0.4 is 0 Å². The fourth-order valence-electron chi connectivity index (χ4n) is 2.52. The summed E-state index contributed by atoms with van der Waals surface area (Å²) in [4.78, 5) is 12.3. The first-order valence-electron chi connectivity index (χ1n) is 6.42. The number of hydrogen-bond acceptors (Lipinski definition) is 2. The summed E-state index contributed by atoms with van der Waals surface area (Å²) in [7, 11) is 0. The molecule has 0 amide bonds. The van der Waals surface area contributed by atoms with E-state index in [1.54, 1.807) is 0 Å². The lowest BCUT2D eigenvalue weighted by Gasteiger charge is -2.10. The summed E-state index contributed by atoms with van der Waals surface area (Å²) in [6.07, 6.45) is 1.78. The summed E-state index contributed by atoms with van der Waals surface area (Å²) in [5.41, 5.74) is 0.757. The van der Waals surface area contributed by atoms with Gasteiger partial charge in [-0.25, -0.2) is 0 Å². The molecule has 0 aromatic heterocycles. The van der Waals surface area contributed by atoms with E-state index < -0.39 is 0 Å². The van der Waals surface area contributed by atoms with Gasteiger partial charge in [0.25, 0.3) is 0 Å². The SMILES string of the molecule is CC1CCC(C(=O)c2ccc3ccccc3c2)O1. The van der Waals surface area contributed by atoms with Gasteiger partial charge >= 0.3 is 0 Å². The third kappa shape index (κ3) is 2.04. The Balaban J connectivity index is 1.92. The maximum atomic E-state index is 12.3. The molecule has 2 atom stereocenters. The molecule has 2 heteroatoms. The molecule has 0 bridgehead atoms. The van der Waals surface area contributed by atoms with Crippen LogP contribution in [0.5, 0.6) is 0 Å². The highest BCUT2D eigenvalue weighted by atomic mass is 16.5. The number of Topliss-reactive ketones (excluding diaryl/α,β-unsaturated/α-hetero) is 1. The van der Waals surface area contributed by atoms with E-state index in [1.165, 1.54) is 0 Å². The molecule has 1 saturated heterocycles. The second-order valence-electron chi connectivity index (χ2n) is 4.94. The number of ether oxygens (including phenoxy) is 1. The van der Waals surface area contributed by atoms with Crippen LogP contribution in [0.2, 0.25) is 0 Å². The molecule has 2 nitrogen and oxygen atoms in total. The number of fused-ring (bicyclic) bond motifs is 1. The van der Waals surface area contributed by atoms with Crippen LogP contribution in [0.25, 0.3) is 10.8 Å². The van der Waals surface area contributed by atoms with Gasteiger partial charge in [-0.3, -0.25) is 4.79 Å². The quantitative estimate of drug-likeness (QED) is 0.750. The Kier molecular flexibility index (Phi) is 2.88. The predicted molar refractivity (Wildman–Crippen MR) is 71.8 cm³/mol. The largest absolute Gasteiger partial charge is 0.367 e. The van der Waals surface area contributed by atoms with Crippen LogP contribution in [0.3, 0.4) is 0 Å². The summed E-state index contributed by atoms with van der Waals surface area (Å²) in [6, 6.07) is 13.9. The van der Waals surface area contributed by atoms with Crippen molar-refractivity contribution in [2.75, 3.05) is 0 Å². The van der Waals surface area contributed by atoms with Crippen molar-refractivity contribution in [2.24, 2.45) is 0 Å². The zero-order valence-corrected chi connectivity index (χ0v) is 10.4. The molecular weight excluding hydrogens is 224 g/mol. The van der Waals surface area contributed by atoms with Crippen LogP contribution in [-0.2, 0) is 4.74 Å². The van der Waals surface area contributed by atoms with E-state index in [0.29, 0.717) is 0 Å². The highest BCUT2D eigenvalue weighted by Crippen LogP contribution is 2.24. The van der Waals surface area contributed by atoms with Gasteiger partial charge in [-0.1, -0.05) is 36.4 Å². The van der Waals surface area contributed by atoms with Crippen LogP contribution in [0.15, 0.2) is 42.5 Å². The molecule has 1 fully saturated rings. The average molecular weight is 240 g/mol. The van der Waals surface area contributed by atoms with Crippen molar-refractivity contribution in [2.45, 2.75) is 32.0 Å². The van der Waals surface area contributed by atoms with Crippen LogP contribution in [0.1, 0.15) is 30.1 Å². The van der Waals surface area contributed by atoms with Crippen molar-refractivity contribution in [1.82, 2.24) is 0 Å². The van der Waals surface area contributed by atoms with Crippen molar-refractivity contribution in [3.63, 3.8) is 0 Å². The summed E-state index contributed by atoms with van der Waals surface area (Å²) in [6.45, 7) is 2.02. The molecule has 0 aliphatic carbocycles. The molecule has 18 heavy (non-hydrogen) atoms. The molecule has 1 aliphatic rings. The molecule has 2 aromatic rings. The van der Waals surface area contributed by atoms with Crippen molar-refractivity contribution < 1.29 is 9.53 Å². The second kappa shape index (κ2) is 4.54. The highest BCUT2D eigenvalue weighted by molar-refractivity contribution is 6.02. The number of carbonyl (C=O) groups is 1. The number of ketones is 1. The zero-order chi connectivity index (χ0) is 12.5. The Morgan fingerprint density at radius 1 is 1.11 bits per heavy atom. The van der Waals surface area contributed by atoms with Gasteiger partial charge in [-0.15, -0.1) is 0 Å². The van der Waals surface area contributed by atoms with Crippen LogP contribution in [-0.4, -0.2) is 18.0 Å². The first-order chi connectivity index (χ1) is 8.74. The third-order valence-corrected chi connectivity index (χ3v) is 3.56. The fourth-order valence-corrected chi connectivity index (χ4v) is 2.52. The number of carbonyl (C=O) groups excluding carboxylic acids is 1. The molecule has 1 heterocycles. The minimum Gasteiger partial charge on any atom is -0.367 e. The van der Waals surface area contributed by atoms with Crippen molar-refractivity contribution in [3.8, 4) is 0 Å². The normalized spacial score (nSPS) is 23.4. The average Bonchev–Trinajstić information content (AvgIpc) is 2.84. The van der Waals surface area contributed by atoms with Crippen molar-refractivity contribution in [3.05, 3.63) is 48.0 Å². The van der Waals surface area contributed by atoms with Gasteiger partial charge in [0.2, 0.25) is 0 Å². The molecule has 2 aromatic carbocycles. The lowest BCUT2D eigenvalue weighted by molar-refractivity contribution is 0.0433. The van der Waals surface area contributed by atoms with Gasteiger partial charge < -0.3 is 4.74 Å². The van der Waals surface area contributed by atoms with E-state index in [9.17, 15) is 4.79 Å². The molecule has 0 spiro atoms. The minimum absolute atomic E-state index is 0.116. The maximum absolute atomic E-state index is 12.3. The van der Waals surface area contributed by atoms with Crippen molar-refractivity contribution in [1.29, 1.82) is 0 Å². The lowest BCUT2D eigenvalue weighted by Crippen LogP contribution is -2.20. The maximum Gasteiger partial charge on any atom is 0.191 e. The third-order valence-electron chi connectivity index (χ3n) is 3.56. The van der Waals surface area contributed by atoms with E-state index in [2.05, 4.69) is 6.07 Å². The summed E-state index contributed by atoms with van der Waals surface area (Å²) >= 11 is 0. The molecule has 0 N–H and O–H groups in total. The van der Waals surface area contributed by atoms with E-state index in [1.807, 2.05) is 43.3 Å². The fraction of sp³-hybridized carbons (Fsp3) is 0.312. The van der Waals surface area contributed by atoms with Gasteiger partial charge in [0, 0.05) is 5.56 Å². The Hall–Kier alpha value is -1.67. The Bertz CT molecular complexity index is 588. The standard InChI is InChI=1S/C16H16O2/c1-11-6-9-15(18-11)16(17)14-8-7-12-4-2-3-5-13(12)10-14/h2-5,7-8,10-11,15H,6,9H2,1H3. The van der Waals surface area contributed by atoms with Crippen LogP contribution in [0, 0.1) is 0 Å². The van der Waals surface area contributed by atoms with Gasteiger partial charge in [-0.05, 0) is 36.6 Å². The van der Waals surface area contributed by atoms with E-state index >= 15 is 0 Å². The van der Waals surface area contributed by atoms with E-state index in [-0.39, 0.29) is 18.0 Å². The van der Waals surface area contributed by atoms with Gasteiger partial charge in [0.15, 0.2) is 5.78 Å². The molecule has 0 radical (unpaired) electrons. The smallest absolute Gasteiger partial charge is 0.191 e. The molecule has 1 aliphatic heterocycles. The Morgan fingerprint density at radius 2 is 1.89 bits per heavy atom. The number of benzene rings is 2. The Morgan fingerprint density at radius 3 is 2.61 bits per heavy atom. The van der Waals surface area contributed by atoms with E-state index in [0.717, 1.165) is 29.2 Å². The second-order valence-corrected chi connectivity index (χ2v) is 4.94. The van der Waals surface area contributed by atoms with Gasteiger partial charge in [0.05, 0.1) is 6.10 Å². The molecule has 92 valence electrons.